The SMILES string of the molecule is C[C@@H]1CN(C(=O)NCc2ccc(Cl)cc2F)C[C@]2(CCOC2)O1. The Morgan fingerprint density at radius 2 is 2.39 bits per heavy atom. The van der Waals surface area contributed by atoms with E-state index in [2.05, 4.69) is 5.32 Å². The van der Waals surface area contributed by atoms with Crippen molar-refractivity contribution in [3.63, 3.8) is 0 Å². The first-order chi connectivity index (χ1) is 11.0. The minimum absolute atomic E-state index is 0.0523. The van der Waals surface area contributed by atoms with Crippen molar-refractivity contribution < 1.29 is 18.7 Å². The number of rotatable bonds is 2. The van der Waals surface area contributed by atoms with Gasteiger partial charge in [-0.1, -0.05) is 17.7 Å². The Labute approximate surface area is 139 Å². The molecule has 0 radical (unpaired) electrons. The van der Waals surface area contributed by atoms with Gasteiger partial charge in [0.2, 0.25) is 0 Å². The van der Waals surface area contributed by atoms with E-state index in [9.17, 15) is 9.18 Å². The van der Waals surface area contributed by atoms with E-state index in [0.29, 0.717) is 36.9 Å². The van der Waals surface area contributed by atoms with Crippen molar-refractivity contribution in [3.8, 4) is 0 Å². The Morgan fingerprint density at radius 1 is 1.57 bits per heavy atom. The summed E-state index contributed by atoms with van der Waals surface area (Å²) in [6, 6.07) is 4.20. The van der Waals surface area contributed by atoms with Crippen LogP contribution in [0, 0.1) is 5.82 Å². The minimum atomic E-state index is -0.422. The van der Waals surface area contributed by atoms with Gasteiger partial charge in [0.05, 0.1) is 19.3 Å². The molecule has 2 aliphatic rings. The number of carbonyl (C=O) groups is 1. The topological polar surface area (TPSA) is 50.8 Å². The molecule has 1 N–H and O–H groups in total. The second-order valence-corrected chi connectivity index (χ2v) is 6.63. The number of hydrogen-bond acceptors (Lipinski definition) is 3. The number of ether oxygens (including phenoxy) is 2. The molecule has 2 saturated heterocycles. The first-order valence-corrected chi connectivity index (χ1v) is 8.07. The molecule has 2 amide bonds. The maximum atomic E-state index is 13.8. The second-order valence-electron chi connectivity index (χ2n) is 6.19. The number of carbonyl (C=O) groups excluding carboxylic acids is 1. The van der Waals surface area contributed by atoms with Crippen molar-refractivity contribution in [3.05, 3.63) is 34.6 Å². The van der Waals surface area contributed by atoms with Crippen LogP contribution in [0.25, 0.3) is 0 Å². The highest BCUT2D eigenvalue weighted by atomic mass is 35.5. The Balaban J connectivity index is 1.61. The highest BCUT2D eigenvalue weighted by Crippen LogP contribution is 2.30. The zero-order chi connectivity index (χ0) is 16.4. The average Bonchev–Trinajstić information content (AvgIpc) is 2.92. The molecule has 3 rings (SSSR count). The molecule has 2 fully saturated rings. The van der Waals surface area contributed by atoms with Crippen LogP contribution in [0.3, 0.4) is 0 Å². The van der Waals surface area contributed by atoms with Gasteiger partial charge >= 0.3 is 6.03 Å². The van der Waals surface area contributed by atoms with Crippen LogP contribution in [0.5, 0.6) is 0 Å². The Morgan fingerprint density at radius 3 is 3.09 bits per heavy atom. The summed E-state index contributed by atoms with van der Waals surface area (Å²) in [5.74, 6) is -0.422. The number of morpholine rings is 1. The second kappa shape index (κ2) is 6.63. The fraction of sp³-hybridized carbons (Fsp3) is 0.562. The van der Waals surface area contributed by atoms with Gasteiger partial charge in [-0.15, -0.1) is 0 Å². The molecule has 5 nitrogen and oxygen atoms in total. The van der Waals surface area contributed by atoms with Gasteiger partial charge in [0.25, 0.3) is 0 Å². The Kier molecular flexibility index (Phi) is 4.75. The Bertz CT molecular complexity index is 593. The molecule has 7 heteroatoms. The van der Waals surface area contributed by atoms with Crippen LogP contribution in [0.1, 0.15) is 18.9 Å². The van der Waals surface area contributed by atoms with Crippen molar-refractivity contribution in [1.29, 1.82) is 0 Å². The van der Waals surface area contributed by atoms with Crippen molar-refractivity contribution >= 4 is 17.6 Å². The quantitative estimate of drug-likeness (QED) is 0.898. The van der Waals surface area contributed by atoms with Crippen molar-refractivity contribution in [2.75, 3.05) is 26.3 Å². The van der Waals surface area contributed by atoms with E-state index in [0.717, 1.165) is 6.42 Å². The molecule has 1 spiro atoms. The van der Waals surface area contributed by atoms with E-state index in [1.54, 1.807) is 17.0 Å². The predicted molar refractivity (Wildman–Crippen MR) is 83.9 cm³/mol. The van der Waals surface area contributed by atoms with E-state index in [-0.39, 0.29) is 18.7 Å². The summed E-state index contributed by atoms with van der Waals surface area (Å²) in [5, 5.41) is 3.10. The summed E-state index contributed by atoms with van der Waals surface area (Å²) < 4.78 is 25.2. The van der Waals surface area contributed by atoms with E-state index in [1.807, 2.05) is 6.92 Å². The van der Waals surface area contributed by atoms with E-state index in [1.165, 1.54) is 6.07 Å². The molecule has 2 aliphatic heterocycles. The lowest BCUT2D eigenvalue weighted by atomic mass is 9.99. The molecule has 0 bridgehead atoms. The normalized spacial score (nSPS) is 27.4. The number of urea groups is 1. The third-order valence-corrected chi connectivity index (χ3v) is 4.44. The summed E-state index contributed by atoms with van der Waals surface area (Å²) in [7, 11) is 0. The number of benzene rings is 1. The third-order valence-electron chi connectivity index (χ3n) is 4.21. The number of hydrogen-bond donors (Lipinski definition) is 1. The molecule has 0 aromatic heterocycles. The molecular formula is C16H20ClFN2O3. The summed E-state index contributed by atoms with van der Waals surface area (Å²) >= 11 is 5.73. The van der Waals surface area contributed by atoms with Crippen molar-refractivity contribution in [2.24, 2.45) is 0 Å². The lowest BCUT2D eigenvalue weighted by molar-refractivity contribution is -0.137. The zero-order valence-corrected chi connectivity index (χ0v) is 13.7. The molecule has 0 saturated carbocycles. The van der Waals surface area contributed by atoms with Crippen LogP contribution >= 0.6 is 11.6 Å². The largest absolute Gasteiger partial charge is 0.378 e. The molecule has 2 atom stereocenters. The lowest BCUT2D eigenvalue weighted by Gasteiger charge is -2.42. The number of amides is 2. The van der Waals surface area contributed by atoms with Gasteiger partial charge in [-0.2, -0.15) is 0 Å². The number of nitrogens with one attached hydrogen (secondary N) is 1. The van der Waals surface area contributed by atoms with Gasteiger partial charge in [-0.05, 0) is 19.1 Å². The smallest absolute Gasteiger partial charge is 0.317 e. The van der Waals surface area contributed by atoms with Crippen LogP contribution in [0.4, 0.5) is 9.18 Å². The van der Waals surface area contributed by atoms with Crippen LogP contribution in [-0.4, -0.2) is 48.9 Å². The van der Waals surface area contributed by atoms with Crippen LogP contribution < -0.4 is 5.32 Å². The predicted octanol–water partition coefficient (Wildman–Crippen LogP) is 2.57. The van der Waals surface area contributed by atoms with Crippen LogP contribution in [0.2, 0.25) is 5.02 Å². The molecule has 0 unspecified atom stereocenters. The van der Waals surface area contributed by atoms with Gasteiger partial charge in [-0.3, -0.25) is 0 Å². The molecular weight excluding hydrogens is 323 g/mol. The third kappa shape index (κ3) is 3.76. The fourth-order valence-corrected chi connectivity index (χ4v) is 3.29. The van der Waals surface area contributed by atoms with Crippen molar-refractivity contribution in [1.82, 2.24) is 10.2 Å². The number of halogens is 2. The highest BCUT2D eigenvalue weighted by Gasteiger charge is 2.44. The molecule has 126 valence electrons. The standard InChI is InChI=1S/C16H20ClFN2O3/c1-11-8-20(9-16(23-11)4-5-22-10-16)15(21)19-7-12-2-3-13(17)6-14(12)18/h2-3,6,11H,4-5,7-10H2,1H3,(H,19,21)/t11-,16+/m1/s1. The first kappa shape index (κ1) is 16.5. The maximum absolute atomic E-state index is 13.8. The van der Waals surface area contributed by atoms with Gasteiger partial charge in [0.15, 0.2) is 0 Å². The summed E-state index contributed by atoms with van der Waals surface area (Å²) in [5.41, 5.74) is 0.00328. The molecule has 1 aromatic rings. The van der Waals surface area contributed by atoms with Gasteiger partial charge in [0.1, 0.15) is 11.4 Å². The van der Waals surface area contributed by atoms with E-state index < -0.39 is 11.4 Å². The fourth-order valence-electron chi connectivity index (χ4n) is 3.13. The molecule has 2 heterocycles. The summed E-state index contributed by atoms with van der Waals surface area (Å²) in [6.45, 7) is 4.23. The summed E-state index contributed by atoms with van der Waals surface area (Å²) in [4.78, 5) is 14.1. The van der Waals surface area contributed by atoms with Gasteiger partial charge in [0, 0.05) is 36.7 Å². The van der Waals surface area contributed by atoms with E-state index >= 15 is 0 Å². The van der Waals surface area contributed by atoms with E-state index in [4.69, 9.17) is 21.1 Å². The molecule has 23 heavy (non-hydrogen) atoms. The average molecular weight is 343 g/mol. The van der Waals surface area contributed by atoms with Gasteiger partial charge in [-0.25, -0.2) is 9.18 Å². The first-order valence-electron chi connectivity index (χ1n) is 7.70. The van der Waals surface area contributed by atoms with Gasteiger partial charge < -0.3 is 19.7 Å². The molecule has 0 aliphatic carbocycles. The van der Waals surface area contributed by atoms with Crippen LogP contribution in [0.15, 0.2) is 18.2 Å². The number of nitrogens with zero attached hydrogens (tertiary/aromatic N) is 1. The maximum Gasteiger partial charge on any atom is 0.317 e. The Hall–Kier alpha value is -1.37. The molecule has 1 aromatic carbocycles. The zero-order valence-electron chi connectivity index (χ0n) is 13.0. The monoisotopic (exact) mass is 342 g/mol. The highest BCUT2D eigenvalue weighted by molar-refractivity contribution is 6.30. The summed E-state index contributed by atoms with van der Waals surface area (Å²) in [6.07, 6.45) is 0.732. The lowest BCUT2D eigenvalue weighted by Crippen LogP contribution is -2.58. The van der Waals surface area contributed by atoms with Crippen molar-refractivity contribution in [2.45, 2.75) is 31.6 Å². The van der Waals surface area contributed by atoms with Crippen LogP contribution in [-0.2, 0) is 16.0 Å². The minimum Gasteiger partial charge on any atom is -0.378 e.